The Morgan fingerprint density at radius 3 is 2.67 bits per heavy atom. The first-order valence-electron chi connectivity index (χ1n) is 5.57. The molecule has 18 heavy (non-hydrogen) atoms. The van der Waals surface area contributed by atoms with Crippen LogP contribution in [0.3, 0.4) is 0 Å². The first kappa shape index (κ1) is 12.8. The summed E-state index contributed by atoms with van der Waals surface area (Å²) in [6.07, 6.45) is 1.62. The van der Waals surface area contributed by atoms with E-state index in [0.717, 1.165) is 21.3 Å². The van der Waals surface area contributed by atoms with Crippen LogP contribution in [0, 0.1) is 13.8 Å². The number of anilines is 1. The Hall–Kier alpha value is -1.68. The first-order valence-corrected chi connectivity index (χ1v) is 6.36. The average Bonchev–Trinajstić information content (AvgIpc) is 2.33. The van der Waals surface area contributed by atoms with Gasteiger partial charge in [0.25, 0.3) is 5.91 Å². The van der Waals surface area contributed by atoms with Crippen molar-refractivity contribution in [2.45, 2.75) is 13.8 Å². The van der Waals surface area contributed by atoms with Crippen molar-refractivity contribution in [1.29, 1.82) is 0 Å². The van der Waals surface area contributed by atoms with Gasteiger partial charge in [0, 0.05) is 16.4 Å². The molecule has 1 N–H and O–H groups in total. The molecule has 0 aliphatic carbocycles. The number of benzene rings is 1. The largest absolute Gasteiger partial charge is 0.320 e. The molecule has 1 aromatic heterocycles. The molecule has 0 bridgehead atoms. The molecule has 0 aliphatic heterocycles. The molecule has 0 saturated heterocycles. The van der Waals surface area contributed by atoms with E-state index in [1.807, 2.05) is 44.2 Å². The van der Waals surface area contributed by atoms with Crippen LogP contribution >= 0.6 is 15.9 Å². The van der Waals surface area contributed by atoms with E-state index in [9.17, 15) is 4.79 Å². The Morgan fingerprint density at radius 1 is 1.22 bits per heavy atom. The maximum atomic E-state index is 12.1. The fourth-order valence-corrected chi connectivity index (χ4v) is 2.15. The highest BCUT2D eigenvalue weighted by molar-refractivity contribution is 9.10. The van der Waals surface area contributed by atoms with Gasteiger partial charge in [0.05, 0.1) is 0 Å². The summed E-state index contributed by atoms with van der Waals surface area (Å²) < 4.78 is 0.993. The molecule has 1 heterocycles. The van der Waals surface area contributed by atoms with E-state index in [1.165, 1.54) is 0 Å². The van der Waals surface area contributed by atoms with Crippen LogP contribution in [0.4, 0.5) is 5.69 Å². The minimum absolute atomic E-state index is 0.182. The zero-order valence-electron chi connectivity index (χ0n) is 10.2. The highest BCUT2D eigenvalue weighted by Gasteiger charge is 2.11. The lowest BCUT2D eigenvalue weighted by atomic mass is 10.1. The number of nitrogens with zero attached hydrogens (tertiary/aromatic N) is 1. The SMILES string of the molecule is Cc1cc(Br)ccc1NC(=O)c1ncccc1C. The molecule has 3 nitrogen and oxygen atoms in total. The first-order chi connectivity index (χ1) is 8.58. The summed E-state index contributed by atoms with van der Waals surface area (Å²) >= 11 is 3.39. The quantitative estimate of drug-likeness (QED) is 0.919. The molecule has 2 rings (SSSR count). The van der Waals surface area contributed by atoms with E-state index in [1.54, 1.807) is 6.20 Å². The second-order valence-corrected chi connectivity index (χ2v) is 5.00. The molecule has 0 spiro atoms. The van der Waals surface area contributed by atoms with Gasteiger partial charge < -0.3 is 5.32 Å². The van der Waals surface area contributed by atoms with Gasteiger partial charge in [0.1, 0.15) is 5.69 Å². The molecule has 1 aromatic carbocycles. The van der Waals surface area contributed by atoms with E-state index < -0.39 is 0 Å². The fraction of sp³-hybridized carbons (Fsp3) is 0.143. The Labute approximate surface area is 114 Å². The van der Waals surface area contributed by atoms with E-state index >= 15 is 0 Å². The van der Waals surface area contributed by atoms with E-state index in [-0.39, 0.29) is 5.91 Å². The molecule has 92 valence electrons. The van der Waals surface area contributed by atoms with Gasteiger partial charge in [-0.2, -0.15) is 0 Å². The monoisotopic (exact) mass is 304 g/mol. The standard InChI is InChI=1S/C14H13BrN2O/c1-9-4-3-7-16-13(9)14(18)17-12-6-5-11(15)8-10(12)2/h3-8H,1-2H3,(H,17,18). The van der Waals surface area contributed by atoms with Crippen molar-refractivity contribution in [3.05, 3.63) is 57.8 Å². The van der Waals surface area contributed by atoms with Crippen LogP contribution in [0.2, 0.25) is 0 Å². The third-order valence-electron chi connectivity index (χ3n) is 2.66. The van der Waals surface area contributed by atoms with Gasteiger partial charge in [-0.05, 0) is 49.2 Å². The topological polar surface area (TPSA) is 42.0 Å². The summed E-state index contributed by atoms with van der Waals surface area (Å²) in [5, 5.41) is 2.87. The number of carbonyl (C=O) groups excluding carboxylic acids is 1. The van der Waals surface area contributed by atoms with Crippen LogP contribution in [0.1, 0.15) is 21.6 Å². The molecule has 4 heteroatoms. The maximum absolute atomic E-state index is 12.1. The molecule has 0 atom stereocenters. The second-order valence-electron chi connectivity index (χ2n) is 4.08. The van der Waals surface area contributed by atoms with Gasteiger partial charge in [-0.1, -0.05) is 22.0 Å². The average molecular weight is 305 g/mol. The van der Waals surface area contributed by atoms with E-state index in [2.05, 4.69) is 26.2 Å². The zero-order chi connectivity index (χ0) is 13.1. The lowest BCUT2D eigenvalue weighted by Crippen LogP contribution is -2.15. The van der Waals surface area contributed by atoms with Crippen molar-refractivity contribution >= 4 is 27.5 Å². The molecule has 0 aliphatic rings. The third-order valence-corrected chi connectivity index (χ3v) is 3.15. The maximum Gasteiger partial charge on any atom is 0.274 e. The van der Waals surface area contributed by atoms with Crippen LogP contribution in [0.5, 0.6) is 0 Å². The third kappa shape index (κ3) is 2.76. The van der Waals surface area contributed by atoms with Crippen LogP contribution in [0.15, 0.2) is 41.0 Å². The van der Waals surface area contributed by atoms with Crippen molar-refractivity contribution in [3.63, 3.8) is 0 Å². The summed E-state index contributed by atoms with van der Waals surface area (Å²) in [4.78, 5) is 16.2. The number of nitrogens with one attached hydrogen (secondary N) is 1. The normalized spacial score (nSPS) is 10.2. The van der Waals surface area contributed by atoms with Gasteiger partial charge in [0.15, 0.2) is 0 Å². The summed E-state index contributed by atoms with van der Waals surface area (Å²) in [7, 11) is 0. The Morgan fingerprint density at radius 2 is 2.00 bits per heavy atom. The van der Waals surface area contributed by atoms with Crippen molar-refractivity contribution in [2.75, 3.05) is 5.32 Å². The molecule has 0 unspecified atom stereocenters. The molecule has 0 saturated carbocycles. The van der Waals surface area contributed by atoms with E-state index in [0.29, 0.717) is 5.69 Å². The van der Waals surface area contributed by atoms with Crippen molar-refractivity contribution in [1.82, 2.24) is 4.98 Å². The number of hydrogen-bond donors (Lipinski definition) is 1. The molecular formula is C14H13BrN2O. The van der Waals surface area contributed by atoms with Crippen molar-refractivity contribution in [3.8, 4) is 0 Å². The number of carbonyl (C=O) groups is 1. The number of aryl methyl sites for hydroxylation is 2. The van der Waals surface area contributed by atoms with Gasteiger partial charge in [-0.3, -0.25) is 9.78 Å². The van der Waals surface area contributed by atoms with Crippen molar-refractivity contribution in [2.24, 2.45) is 0 Å². The number of halogens is 1. The summed E-state index contributed by atoms with van der Waals surface area (Å²) in [5.74, 6) is -0.182. The molecule has 2 aromatic rings. The lowest BCUT2D eigenvalue weighted by molar-refractivity contribution is 0.102. The highest BCUT2D eigenvalue weighted by Crippen LogP contribution is 2.20. The van der Waals surface area contributed by atoms with Crippen molar-refractivity contribution < 1.29 is 4.79 Å². The summed E-state index contributed by atoms with van der Waals surface area (Å²) in [6.45, 7) is 3.82. The minimum Gasteiger partial charge on any atom is -0.320 e. The second kappa shape index (κ2) is 5.31. The Kier molecular flexibility index (Phi) is 3.77. The number of rotatable bonds is 2. The number of aromatic nitrogens is 1. The van der Waals surface area contributed by atoms with Crippen LogP contribution in [-0.2, 0) is 0 Å². The predicted octanol–water partition coefficient (Wildman–Crippen LogP) is 3.71. The molecular weight excluding hydrogens is 292 g/mol. The van der Waals surface area contributed by atoms with Crippen LogP contribution in [-0.4, -0.2) is 10.9 Å². The van der Waals surface area contributed by atoms with E-state index in [4.69, 9.17) is 0 Å². The number of hydrogen-bond acceptors (Lipinski definition) is 2. The Balaban J connectivity index is 2.24. The highest BCUT2D eigenvalue weighted by atomic mass is 79.9. The Bertz CT molecular complexity index is 596. The fourth-order valence-electron chi connectivity index (χ4n) is 1.67. The van der Waals surface area contributed by atoms with Gasteiger partial charge in [-0.25, -0.2) is 0 Å². The molecule has 0 fully saturated rings. The number of pyridine rings is 1. The summed E-state index contributed by atoms with van der Waals surface area (Å²) in [5.41, 5.74) is 3.13. The summed E-state index contributed by atoms with van der Waals surface area (Å²) in [6, 6.07) is 9.41. The number of amides is 1. The van der Waals surface area contributed by atoms with Gasteiger partial charge in [0.2, 0.25) is 0 Å². The van der Waals surface area contributed by atoms with Crippen LogP contribution in [0.25, 0.3) is 0 Å². The zero-order valence-corrected chi connectivity index (χ0v) is 11.8. The van der Waals surface area contributed by atoms with Crippen LogP contribution < -0.4 is 5.32 Å². The lowest BCUT2D eigenvalue weighted by Gasteiger charge is -2.09. The minimum atomic E-state index is -0.182. The predicted molar refractivity (Wildman–Crippen MR) is 75.8 cm³/mol. The van der Waals surface area contributed by atoms with Gasteiger partial charge in [-0.15, -0.1) is 0 Å². The smallest absolute Gasteiger partial charge is 0.274 e. The molecule has 0 radical (unpaired) electrons. The van der Waals surface area contributed by atoms with Gasteiger partial charge >= 0.3 is 0 Å². The molecule has 1 amide bonds.